The minimum Gasteiger partial charge on any atom is -0.236 e. The highest BCUT2D eigenvalue weighted by molar-refractivity contribution is 7.87. The lowest BCUT2D eigenvalue weighted by Gasteiger charge is -2.15. The van der Waals surface area contributed by atoms with Gasteiger partial charge in [0.25, 0.3) is 0 Å². The van der Waals surface area contributed by atoms with Crippen molar-refractivity contribution in [3.63, 3.8) is 0 Å². The Bertz CT molecular complexity index is 712. The van der Waals surface area contributed by atoms with Crippen LogP contribution >= 0.6 is 7.49 Å². The highest BCUT2D eigenvalue weighted by Crippen LogP contribution is 2.53. The lowest BCUT2D eigenvalue weighted by Crippen LogP contribution is -2.19. The Hall–Kier alpha value is -2.21. The van der Waals surface area contributed by atoms with E-state index in [4.69, 9.17) is 0 Å². The first-order valence-corrected chi connectivity index (χ1v) is 9.54. The molecule has 0 aromatic heterocycles. The Labute approximate surface area is 138 Å². The normalized spacial score (nSPS) is 11.7. The molecular weight excluding hydrogens is 299 g/mol. The van der Waals surface area contributed by atoms with Crippen molar-refractivity contribution in [1.29, 1.82) is 0 Å². The summed E-state index contributed by atoms with van der Waals surface area (Å²) < 4.78 is 0. The fourth-order valence-electron chi connectivity index (χ4n) is 2.59. The molecule has 0 aliphatic heterocycles. The summed E-state index contributed by atoms with van der Waals surface area (Å²) in [7, 11) is -2.49. The van der Waals surface area contributed by atoms with Crippen LogP contribution in [0.2, 0.25) is 0 Å². The van der Waals surface area contributed by atoms with E-state index < -0.39 is 7.49 Å². The second kappa shape index (κ2) is 7.37. The van der Waals surface area contributed by atoms with Crippen LogP contribution in [0.25, 0.3) is 0 Å². The molecule has 0 heterocycles. The molecule has 0 aliphatic carbocycles. The predicted molar refractivity (Wildman–Crippen MR) is 101 cm³/mol. The van der Waals surface area contributed by atoms with E-state index >= 15 is 0 Å². The van der Waals surface area contributed by atoms with Crippen molar-refractivity contribution in [2.75, 3.05) is 0 Å². The zero-order valence-corrected chi connectivity index (χ0v) is 13.8. The molecule has 0 atom stereocenters. The Balaban J connectivity index is 1.93. The van der Waals surface area contributed by atoms with Gasteiger partial charge in [-0.05, 0) is 42.3 Å². The largest absolute Gasteiger partial charge is 0.236 e. The number of rotatable bonds is 5. The van der Waals surface area contributed by atoms with E-state index in [-0.39, 0.29) is 0 Å². The van der Waals surface area contributed by atoms with Crippen LogP contribution in [0.3, 0.4) is 0 Å². The van der Waals surface area contributed by atoms with Gasteiger partial charge in [-0.2, -0.15) is 0 Å². The van der Waals surface area contributed by atoms with Crippen molar-refractivity contribution in [3.8, 4) is 0 Å². The molecule has 0 aliphatic rings. The van der Waals surface area contributed by atoms with Gasteiger partial charge in [0.2, 0.25) is 7.49 Å². The van der Waals surface area contributed by atoms with Gasteiger partial charge >= 0.3 is 0 Å². The van der Waals surface area contributed by atoms with Crippen molar-refractivity contribution < 1.29 is 4.89 Å². The zero-order valence-electron chi connectivity index (χ0n) is 12.9. The van der Waals surface area contributed by atoms with Crippen molar-refractivity contribution >= 4 is 18.1 Å². The molecule has 0 radical (unpaired) electrons. The van der Waals surface area contributed by atoms with Crippen molar-refractivity contribution in [3.05, 3.63) is 108 Å². The molecule has 1 nitrogen and oxygen atoms in total. The van der Waals surface area contributed by atoms with E-state index in [1.807, 2.05) is 84.7 Å². The predicted octanol–water partition coefficient (Wildman–Crippen LogP) is 4.32. The van der Waals surface area contributed by atoms with E-state index in [2.05, 4.69) is 18.2 Å². The maximum atomic E-state index is 11.5. The van der Waals surface area contributed by atoms with Gasteiger partial charge in [-0.3, -0.25) is 0 Å². The first kappa shape index (κ1) is 15.7. The average molecular weight is 319 g/mol. The summed E-state index contributed by atoms with van der Waals surface area (Å²) in [5, 5.41) is 1.96. The van der Waals surface area contributed by atoms with E-state index in [9.17, 15) is 4.89 Å². The Morgan fingerprint density at radius 2 is 1.09 bits per heavy atom. The second-order valence-electron chi connectivity index (χ2n) is 5.43. The van der Waals surface area contributed by atoms with E-state index in [1.54, 1.807) is 0 Å². The lowest BCUT2D eigenvalue weighted by atomic mass is 10.2. The maximum absolute atomic E-state index is 11.5. The summed E-state index contributed by atoms with van der Waals surface area (Å²) in [6.45, 7) is 0. The Kier molecular flexibility index (Phi) is 5.02. The molecule has 3 rings (SSSR count). The molecule has 2 heteroatoms. The summed E-state index contributed by atoms with van der Waals surface area (Å²) in [5.74, 6) is 2.00. The number of benzene rings is 3. The summed E-state index contributed by atoms with van der Waals surface area (Å²) >= 11 is 0. The van der Waals surface area contributed by atoms with E-state index in [0.29, 0.717) is 0 Å². The number of allylic oxidation sites excluding steroid dienone is 1. The van der Waals surface area contributed by atoms with Crippen molar-refractivity contribution in [1.82, 2.24) is 0 Å². The van der Waals surface area contributed by atoms with Gasteiger partial charge in [-0.15, -0.1) is 0 Å². The Morgan fingerprint density at radius 3 is 1.57 bits per heavy atom. The molecule has 1 N–H and O–H groups in total. The quantitative estimate of drug-likeness (QED) is 0.695. The van der Waals surface area contributed by atoms with Gasteiger partial charge in [-0.1, -0.05) is 66.7 Å². The van der Waals surface area contributed by atoms with Gasteiger partial charge in [0.1, 0.15) is 10.6 Å². The smallest absolute Gasteiger partial charge is 0.230 e. The highest BCUT2D eigenvalue weighted by Gasteiger charge is 2.38. The molecule has 114 valence electrons. The molecule has 23 heavy (non-hydrogen) atoms. The lowest BCUT2D eigenvalue weighted by molar-refractivity contribution is 0.632. The summed E-state index contributed by atoms with van der Waals surface area (Å²) in [5.41, 5.74) is 1.25. The maximum Gasteiger partial charge on any atom is 0.230 e. The molecule has 0 saturated heterocycles. The molecule has 0 unspecified atom stereocenters. The summed E-state index contributed by atoms with van der Waals surface area (Å²) in [6.07, 6.45) is 2.91. The fraction of sp³-hybridized carbons (Fsp3) is 0.0476. The Morgan fingerprint density at radius 1 is 0.652 bits per heavy atom. The standard InChI is InChI=1S/C21H20OP/c22-23(20-14-6-2-7-15-20,21-16-8-3-9-17-21)18-10-13-19-11-4-1-5-12-19/h1-12,14-18,22H,13H2/q+1. The first-order valence-electron chi connectivity index (χ1n) is 7.73. The van der Waals surface area contributed by atoms with Crippen molar-refractivity contribution in [2.24, 2.45) is 0 Å². The molecule has 3 aromatic carbocycles. The molecule has 0 bridgehead atoms. The molecule has 0 spiro atoms. The third kappa shape index (κ3) is 3.76. The third-order valence-electron chi connectivity index (χ3n) is 3.82. The van der Waals surface area contributed by atoms with Gasteiger partial charge < -0.3 is 0 Å². The van der Waals surface area contributed by atoms with Crippen LogP contribution in [0.15, 0.2) is 103 Å². The monoisotopic (exact) mass is 319 g/mol. The SMILES string of the molecule is O[P+](C=CCc1ccccc1)(c1ccccc1)c1ccccc1. The van der Waals surface area contributed by atoms with Gasteiger partial charge in [0.15, 0.2) is 0 Å². The van der Waals surface area contributed by atoms with Gasteiger partial charge in [-0.25, -0.2) is 4.89 Å². The van der Waals surface area contributed by atoms with Crippen LogP contribution in [0.4, 0.5) is 0 Å². The van der Waals surface area contributed by atoms with Crippen LogP contribution < -0.4 is 10.6 Å². The van der Waals surface area contributed by atoms with E-state index in [0.717, 1.165) is 17.0 Å². The van der Waals surface area contributed by atoms with Crippen LogP contribution in [0.1, 0.15) is 5.56 Å². The van der Waals surface area contributed by atoms with E-state index in [1.165, 1.54) is 5.56 Å². The minimum absolute atomic E-state index is 0.822. The number of hydrogen-bond acceptors (Lipinski definition) is 1. The average Bonchev–Trinajstić information content (AvgIpc) is 2.64. The number of hydrogen-bond donors (Lipinski definition) is 1. The minimum atomic E-state index is -2.49. The van der Waals surface area contributed by atoms with Crippen LogP contribution in [0.5, 0.6) is 0 Å². The highest BCUT2D eigenvalue weighted by atomic mass is 31.2. The first-order chi connectivity index (χ1) is 11.3. The third-order valence-corrected chi connectivity index (χ3v) is 6.63. The fourth-order valence-corrected chi connectivity index (χ4v) is 4.89. The zero-order chi connectivity index (χ0) is 16.0. The molecule has 0 saturated carbocycles. The second-order valence-corrected chi connectivity index (χ2v) is 8.13. The summed E-state index contributed by atoms with van der Waals surface area (Å²) in [6, 6.07) is 30.2. The van der Waals surface area contributed by atoms with Gasteiger partial charge in [0, 0.05) is 0 Å². The van der Waals surface area contributed by atoms with Crippen LogP contribution in [-0.4, -0.2) is 4.89 Å². The summed E-state index contributed by atoms with van der Waals surface area (Å²) in [4.78, 5) is 11.5. The van der Waals surface area contributed by atoms with Crippen molar-refractivity contribution in [2.45, 2.75) is 6.42 Å². The molecule has 0 amide bonds. The molecule has 3 aromatic rings. The van der Waals surface area contributed by atoms with Crippen LogP contribution in [-0.2, 0) is 6.42 Å². The molecular formula is C21H20OP+. The van der Waals surface area contributed by atoms with Gasteiger partial charge in [0.05, 0.1) is 5.82 Å². The topological polar surface area (TPSA) is 20.2 Å². The van der Waals surface area contributed by atoms with Crippen LogP contribution in [0, 0.1) is 0 Å². The molecule has 0 fully saturated rings.